The topological polar surface area (TPSA) is 71.2 Å². The Balaban J connectivity index is 2.93. The number of halogens is 1. The fourth-order valence-electron chi connectivity index (χ4n) is 1.74. The summed E-state index contributed by atoms with van der Waals surface area (Å²) in [5, 5.41) is 0.249. The van der Waals surface area contributed by atoms with Crippen molar-refractivity contribution in [3.05, 3.63) is 22.8 Å². The number of nitrogens with one attached hydrogen (secondary N) is 1. The van der Waals surface area contributed by atoms with Gasteiger partial charge in [0.25, 0.3) is 5.91 Å². The van der Waals surface area contributed by atoms with Crippen LogP contribution in [0.25, 0.3) is 0 Å². The normalized spacial score (nSPS) is 12.1. The molecule has 0 aliphatic rings. The van der Waals surface area contributed by atoms with Crippen molar-refractivity contribution in [2.24, 2.45) is 11.8 Å². The van der Waals surface area contributed by atoms with Crippen LogP contribution in [0.3, 0.4) is 0 Å². The number of carbonyl (C=O) groups is 1. The van der Waals surface area contributed by atoms with Crippen molar-refractivity contribution in [1.82, 2.24) is 9.88 Å². The number of nitrogen functional groups attached to an aromatic ring is 1. The second-order valence-electron chi connectivity index (χ2n) is 4.57. The molecule has 1 atom stereocenters. The number of anilines is 1. The first-order chi connectivity index (χ1) is 9.01. The minimum absolute atomic E-state index is 0.0522. The first kappa shape index (κ1) is 15.7. The number of nitrogens with zero attached hydrogens (tertiary/aromatic N) is 2. The lowest BCUT2D eigenvalue weighted by Gasteiger charge is -2.24. The van der Waals surface area contributed by atoms with Gasteiger partial charge in [0, 0.05) is 18.7 Å². The van der Waals surface area contributed by atoms with Crippen LogP contribution in [0.15, 0.2) is 12.1 Å². The van der Waals surface area contributed by atoms with Gasteiger partial charge >= 0.3 is 0 Å². The van der Waals surface area contributed by atoms with E-state index in [2.05, 4.69) is 24.3 Å². The Morgan fingerprint density at radius 3 is 2.74 bits per heavy atom. The van der Waals surface area contributed by atoms with E-state index in [0.717, 1.165) is 13.0 Å². The molecule has 5 nitrogen and oxygen atoms in total. The van der Waals surface area contributed by atoms with Crippen molar-refractivity contribution < 1.29 is 4.79 Å². The predicted octanol–water partition coefficient (Wildman–Crippen LogP) is 2.53. The molecule has 0 fully saturated rings. The second-order valence-corrected chi connectivity index (χ2v) is 4.95. The van der Waals surface area contributed by atoms with E-state index in [4.69, 9.17) is 17.4 Å². The van der Waals surface area contributed by atoms with Gasteiger partial charge in [0.15, 0.2) is 0 Å². The van der Waals surface area contributed by atoms with Crippen molar-refractivity contribution in [3.63, 3.8) is 0 Å². The number of hydrazine groups is 1. The minimum atomic E-state index is -0.0522. The summed E-state index contributed by atoms with van der Waals surface area (Å²) >= 11 is 5.88. The van der Waals surface area contributed by atoms with Crippen LogP contribution in [0.4, 0.5) is 5.82 Å². The third-order valence-corrected chi connectivity index (χ3v) is 3.28. The number of carbonyl (C=O) groups excluding carboxylic acids is 1. The van der Waals surface area contributed by atoms with E-state index < -0.39 is 0 Å². The van der Waals surface area contributed by atoms with E-state index in [-0.39, 0.29) is 11.1 Å². The molecular formula is C13H21ClN4O. The lowest BCUT2D eigenvalue weighted by Crippen LogP contribution is -2.34. The van der Waals surface area contributed by atoms with Crippen LogP contribution in [-0.4, -0.2) is 28.9 Å². The van der Waals surface area contributed by atoms with Crippen LogP contribution in [0.5, 0.6) is 0 Å². The number of nitrogens with two attached hydrogens (primary N) is 1. The largest absolute Gasteiger partial charge is 0.339 e. The molecule has 1 amide bonds. The first-order valence-corrected chi connectivity index (χ1v) is 6.83. The van der Waals surface area contributed by atoms with Crippen LogP contribution in [-0.2, 0) is 0 Å². The molecule has 19 heavy (non-hydrogen) atoms. The van der Waals surface area contributed by atoms with Gasteiger partial charge in [0.1, 0.15) is 11.0 Å². The number of hydrogen-bond donors (Lipinski definition) is 2. The van der Waals surface area contributed by atoms with Crippen molar-refractivity contribution >= 4 is 23.3 Å². The van der Waals surface area contributed by atoms with Crippen molar-refractivity contribution in [2.75, 3.05) is 18.5 Å². The Morgan fingerprint density at radius 2 is 2.21 bits per heavy atom. The van der Waals surface area contributed by atoms with E-state index in [1.807, 2.05) is 6.92 Å². The molecule has 0 aromatic carbocycles. The van der Waals surface area contributed by atoms with Gasteiger partial charge in [-0.05, 0) is 25.0 Å². The molecule has 0 radical (unpaired) electrons. The summed E-state index contributed by atoms with van der Waals surface area (Å²) in [7, 11) is 0. The second kappa shape index (κ2) is 7.31. The molecule has 1 rings (SSSR count). The average molecular weight is 285 g/mol. The average Bonchev–Trinajstić information content (AvgIpc) is 2.42. The maximum absolute atomic E-state index is 12.4. The Hall–Kier alpha value is -1.33. The molecular weight excluding hydrogens is 264 g/mol. The maximum atomic E-state index is 12.4. The first-order valence-electron chi connectivity index (χ1n) is 6.45. The number of hydrogen-bond acceptors (Lipinski definition) is 4. The highest BCUT2D eigenvalue weighted by Crippen LogP contribution is 2.16. The predicted molar refractivity (Wildman–Crippen MR) is 78.1 cm³/mol. The molecule has 0 aliphatic carbocycles. The van der Waals surface area contributed by atoms with E-state index in [0.29, 0.717) is 23.8 Å². The zero-order valence-corrected chi connectivity index (χ0v) is 12.4. The van der Waals surface area contributed by atoms with E-state index in [9.17, 15) is 4.79 Å². The molecule has 1 unspecified atom stereocenters. The highest BCUT2D eigenvalue weighted by molar-refractivity contribution is 6.29. The lowest BCUT2D eigenvalue weighted by molar-refractivity contribution is 0.0741. The quantitative estimate of drug-likeness (QED) is 0.478. The Morgan fingerprint density at radius 1 is 1.53 bits per heavy atom. The van der Waals surface area contributed by atoms with Gasteiger partial charge in [-0.2, -0.15) is 0 Å². The third-order valence-electron chi connectivity index (χ3n) is 3.09. The van der Waals surface area contributed by atoms with Gasteiger partial charge in [-0.3, -0.25) is 4.79 Å². The number of pyridine rings is 1. The summed E-state index contributed by atoms with van der Waals surface area (Å²) < 4.78 is 0. The molecule has 106 valence electrons. The molecule has 0 bridgehead atoms. The summed E-state index contributed by atoms with van der Waals surface area (Å²) in [6.07, 6.45) is 1.04. The van der Waals surface area contributed by atoms with Gasteiger partial charge in [-0.15, -0.1) is 0 Å². The molecule has 1 heterocycles. The van der Waals surface area contributed by atoms with Crippen LogP contribution in [0.1, 0.15) is 37.6 Å². The zero-order valence-electron chi connectivity index (χ0n) is 11.6. The van der Waals surface area contributed by atoms with Crippen molar-refractivity contribution in [1.29, 1.82) is 0 Å². The van der Waals surface area contributed by atoms with Gasteiger partial charge in [-0.25, -0.2) is 10.8 Å². The molecule has 0 spiro atoms. The molecule has 0 aliphatic heterocycles. The molecule has 6 heteroatoms. The maximum Gasteiger partial charge on any atom is 0.254 e. The fourth-order valence-corrected chi connectivity index (χ4v) is 1.95. The van der Waals surface area contributed by atoms with Crippen LogP contribution >= 0.6 is 11.6 Å². The highest BCUT2D eigenvalue weighted by atomic mass is 35.5. The zero-order chi connectivity index (χ0) is 14.4. The molecule has 0 saturated heterocycles. The van der Waals surface area contributed by atoms with Crippen LogP contribution in [0.2, 0.25) is 5.15 Å². The minimum Gasteiger partial charge on any atom is -0.339 e. The Labute approximate surface area is 119 Å². The van der Waals surface area contributed by atoms with Crippen molar-refractivity contribution in [2.45, 2.75) is 27.2 Å². The van der Waals surface area contributed by atoms with Crippen molar-refractivity contribution in [3.8, 4) is 0 Å². The molecule has 1 aromatic heterocycles. The summed E-state index contributed by atoms with van der Waals surface area (Å²) in [4.78, 5) is 18.2. The fraction of sp³-hybridized carbons (Fsp3) is 0.538. The monoisotopic (exact) mass is 284 g/mol. The van der Waals surface area contributed by atoms with Gasteiger partial charge in [0.05, 0.1) is 0 Å². The standard InChI is InChI=1S/C13H21ClN4O/c1-4-9(3)8-18(5-2)13(19)10-6-11(14)16-12(7-10)17-15/h6-7,9H,4-5,8,15H2,1-3H3,(H,16,17). The van der Waals surface area contributed by atoms with Crippen LogP contribution in [0, 0.1) is 5.92 Å². The third kappa shape index (κ3) is 4.36. The molecule has 1 aromatic rings. The smallest absolute Gasteiger partial charge is 0.254 e. The van der Waals surface area contributed by atoms with E-state index >= 15 is 0 Å². The summed E-state index contributed by atoms with van der Waals surface area (Å²) in [6.45, 7) is 7.60. The van der Waals surface area contributed by atoms with Gasteiger partial charge < -0.3 is 10.3 Å². The van der Waals surface area contributed by atoms with Gasteiger partial charge in [0.2, 0.25) is 0 Å². The summed E-state index contributed by atoms with van der Waals surface area (Å²) in [5.74, 6) is 6.10. The molecule has 3 N–H and O–H groups in total. The SMILES string of the molecule is CCC(C)CN(CC)C(=O)c1cc(Cl)nc(NN)c1. The summed E-state index contributed by atoms with van der Waals surface area (Å²) in [5.41, 5.74) is 2.90. The van der Waals surface area contributed by atoms with E-state index in [1.165, 1.54) is 0 Å². The number of aromatic nitrogens is 1. The highest BCUT2D eigenvalue weighted by Gasteiger charge is 2.17. The van der Waals surface area contributed by atoms with Gasteiger partial charge in [-0.1, -0.05) is 31.9 Å². The lowest BCUT2D eigenvalue weighted by atomic mass is 10.1. The number of rotatable bonds is 6. The van der Waals surface area contributed by atoms with Crippen LogP contribution < -0.4 is 11.3 Å². The summed E-state index contributed by atoms with van der Waals surface area (Å²) in [6, 6.07) is 3.16. The Kier molecular flexibility index (Phi) is 6.05. The van der Waals surface area contributed by atoms with E-state index in [1.54, 1.807) is 17.0 Å². The molecule has 0 saturated carbocycles. The Bertz CT molecular complexity index is 439. The number of amides is 1.